The van der Waals surface area contributed by atoms with Crippen LogP contribution in [0, 0.1) is 23.7 Å². The lowest BCUT2D eigenvalue weighted by Gasteiger charge is -2.33. The van der Waals surface area contributed by atoms with Crippen LogP contribution in [-0.4, -0.2) is 37.0 Å². The molecule has 1 aromatic heterocycles. The van der Waals surface area contributed by atoms with Crippen LogP contribution in [0.1, 0.15) is 50.8 Å². The standard InChI is InChI=1S/C27H40N2O2S/c1-20(2)16-21(19-28)17-27(30)29(3)14-13-23(18-24-10-7-15-32-24)31-26-12-6-9-22-8-4-5-11-25(22)26/h4-7,9-10,12,15,20-23,25H,8,11,13-14,16-19,28H2,1-3H3. The number of thiophene rings is 1. The third-order valence-corrected chi connectivity index (χ3v) is 7.49. The second-order valence-corrected chi connectivity index (χ2v) is 10.8. The second kappa shape index (κ2) is 12.4. The largest absolute Gasteiger partial charge is 0.494 e. The van der Waals surface area contributed by atoms with Crippen LogP contribution in [0.4, 0.5) is 0 Å². The first-order valence-electron chi connectivity index (χ1n) is 12.1. The lowest BCUT2D eigenvalue weighted by atomic mass is 9.79. The summed E-state index contributed by atoms with van der Waals surface area (Å²) in [6, 6.07) is 4.27. The van der Waals surface area contributed by atoms with E-state index in [2.05, 4.69) is 61.7 Å². The van der Waals surface area contributed by atoms with Gasteiger partial charge in [0.2, 0.25) is 5.91 Å². The molecule has 1 amide bonds. The Balaban J connectivity index is 1.59. The third-order valence-electron chi connectivity index (χ3n) is 6.59. The van der Waals surface area contributed by atoms with Gasteiger partial charge in [-0.3, -0.25) is 4.79 Å². The van der Waals surface area contributed by atoms with Gasteiger partial charge in [0, 0.05) is 43.6 Å². The topological polar surface area (TPSA) is 55.6 Å². The summed E-state index contributed by atoms with van der Waals surface area (Å²) < 4.78 is 6.64. The van der Waals surface area contributed by atoms with E-state index < -0.39 is 0 Å². The number of nitrogens with two attached hydrogens (primary N) is 1. The van der Waals surface area contributed by atoms with Gasteiger partial charge < -0.3 is 15.4 Å². The average Bonchev–Trinajstić information content (AvgIpc) is 3.29. The highest BCUT2D eigenvalue weighted by atomic mass is 32.1. The van der Waals surface area contributed by atoms with Gasteiger partial charge in [-0.25, -0.2) is 0 Å². The number of nitrogens with zero attached hydrogens (tertiary/aromatic N) is 1. The average molecular weight is 457 g/mol. The molecule has 0 fully saturated rings. The molecular weight excluding hydrogens is 416 g/mol. The van der Waals surface area contributed by atoms with Crippen LogP contribution in [-0.2, 0) is 16.0 Å². The number of carbonyl (C=O) groups excluding carboxylic acids is 1. The molecule has 4 nitrogen and oxygen atoms in total. The molecule has 4 atom stereocenters. The molecular formula is C27H40N2O2S. The molecule has 5 heteroatoms. The minimum absolute atomic E-state index is 0.0641. The van der Waals surface area contributed by atoms with E-state index in [0.717, 1.165) is 37.9 Å². The highest BCUT2D eigenvalue weighted by Gasteiger charge is 2.29. The van der Waals surface area contributed by atoms with Crippen molar-refractivity contribution < 1.29 is 9.53 Å². The van der Waals surface area contributed by atoms with Crippen molar-refractivity contribution >= 4 is 17.2 Å². The molecule has 1 aromatic rings. The number of ether oxygens (including phenoxy) is 1. The van der Waals surface area contributed by atoms with Gasteiger partial charge in [-0.15, -0.1) is 11.3 Å². The lowest BCUT2D eigenvalue weighted by molar-refractivity contribution is -0.131. The van der Waals surface area contributed by atoms with Gasteiger partial charge >= 0.3 is 0 Å². The van der Waals surface area contributed by atoms with Gasteiger partial charge in [-0.2, -0.15) is 0 Å². The molecule has 32 heavy (non-hydrogen) atoms. The first kappa shape index (κ1) is 24.8. The normalized spacial score (nSPS) is 21.7. The molecule has 2 aliphatic carbocycles. The molecule has 0 aliphatic heterocycles. The monoisotopic (exact) mass is 456 g/mol. The number of rotatable bonds is 12. The summed E-state index contributed by atoms with van der Waals surface area (Å²) in [4.78, 5) is 16.0. The predicted molar refractivity (Wildman–Crippen MR) is 134 cm³/mol. The van der Waals surface area contributed by atoms with Crippen molar-refractivity contribution in [3.8, 4) is 0 Å². The molecule has 0 radical (unpaired) electrons. The predicted octanol–water partition coefficient (Wildman–Crippen LogP) is 5.57. The summed E-state index contributed by atoms with van der Waals surface area (Å²) in [5, 5.41) is 2.12. The van der Waals surface area contributed by atoms with Crippen molar-refractivity contribution in [1.82, 2.24) is 4.90 Å². The van der Waals surface area contributed by atoms with Crippen LogP contribution in [0.5, 0.6) is 0 Å². The SMILES string of the molecule is CC(C)CC(CN)CC(=O)N(C)CCC(Cc1cccs1)OC1=CC=CC2CC=CCC12. The quantitative estimate of drug-likeness (QED) is 0.418. The summed E-state index contributed by atoms with van der Waals surface area (Å²) in [5.41, 5.74) is 5.92. The summed E-state index contributed by atoms with van der Waals surface area (Å²) >= 11 is 1.77. The van der Waals surface area contributed by atoms with Crippen LogP contribution in [0.15, 0.2) is 53.7 Å². The highest BCUT2D eigenvalue weighted by molar-refractivity contribution is 7.09. The molecule has 0 saturated carbocycles. The molecule has 2 aliphatic rings. The van der Waals surface area contributed by atoms with Gasteiger partial charge in [0.1, 0.15) is 11.9 Å². The van der Waals surface area contributed by atoms with E-state index in [1.54, 1.807) is 11.3 Å². The number of carbonyl (C=O) groups is 1. The van der Waals surface area contributed by atoms with Gasteiger partial charge in [0.15, 0.2) is 0 Å². The summed E-state index contributed by atoms with van der Waals surface area (Å²) in [5.74, 6) is 3.10. The van der Waals surface area contributed by atoms with E-state index in [0.29, 0.717) is 37.3 Å². The van der Waals surface area contributed by atoms with E-state index >= 15 is 0 Å². The van der Waals surface area contributed by atoms with E-state index in [1.165, 1.54) is 4.88 Å². The molecule has 2 N–H and O–H groups in total. The molecule has 3 rings (SSSR count). The number of amides is 1. The number of allylic oxidation sites excluding steroid dienone is 6. The first-order chi connectivity index (χ1) is 15.5. The van der Waals surface area contributed by atoms with Crippen molar-refractivity contribution in [3.63, 3.8) is 0 Å². The Morgan fingerprint density at radius 1 is 1.31 bits per heavy atom. The summed E-state index contributed by atoms with van der Waals surface area (Å²) in [6.07, 6.45) is 16.6. The molecule has 0 spiro atoms. The Morgan fingerprint density at radius 3 is 2.84 bits per heavy atom. The van der Waals surface area contributed by atoms with Crippen molar-refractivity contribution in [3.05, 3.63) is 58.5 Å². The van der Waals surface area contributed by atoms with E-state index in [4.69, 9.17) is 10.5 Å². The molecule has 176 valence electrons. The van der Waals surface area contributed by atoms with E-state index in [-0.39, 0.29) is 17.9 Å². The summed E-state index contributed by atoms with van der Waals surface area (Å²) in [7, 11) is 1.91. The van der Waals surface area contributed by atoms with E-state index in [1.807, 2.05) is 11.9 Å². The summed E-state index contributed by atoms with van der Waals surface area (Å²) in [6.45, 7) is 5.64. The van der Waals surface area contributed by atoms with Crippen LogP contribution in [0.3, 0.4) is 0 Å². The van der Waals surface area contributed by atoms with Gasteiger partial charge in [0.05, 0.1) is 0 Å². The van der Waals surface area contributed by atoms with E-state index in [9.17, 15) is 4.79 Å². The van der Waals surface area contributed by atoms with Crippen molar-refractivity contribution in [1.29, 1.82) is 0 Å². The zero-order valence-electron chi connectivity index (χ0n) is 19.9. The maximum Gasteiger partial charge on any atom is 0.222 e. The molecule has 0 bridgehead atoms. The van der Waals surface area contributed by atoms with Gasteiger partial charge in [-0.1, -0.05) is 44.2 Å². The van der Waals surface area contributed by atoms with Crippen molar-refractivity contribution in [2.75, 3.05) is 20.1 Å². The minimum atomic E-state index is 0.0641. The molecule has 0 saturated heterocycles. The van der Waals surface area contributed by atoms with Gasteiger partial charge in [0.25, 0.3) is 0 Å². The highest BCUT2D eigenvalue weighted by Crippen LogP contribution is 2.37. The van der Waals surface area contributed by atoms with Crippen molar-refractivity contribution in [2.24, 2.45) is 29.4 Å². The number of fused-ring (bicyclic) bond motifs is 1. The minimum Gasteiger partial charge on any atom is -0.494 e. The fraction of sp³-hybridized carbons (Fsp3) is 0.593. The Labute approximate surface area is 198 Å². The number of hydrogen-bond acceptors (Lipinski definition) is 4. The maximum atomic E-state index is 12.8. The molecule has 0 aromatic carbocycles. The Morgan fingerprint density at radius 2 is 2.12 bits per heavy atom. The Hall–Kier alpha value is -1.85. The maximum absolute atomic E-state index is 12.8. The van der Waals surface area contributed by atoms with Crippen LogP contribution >= 0.6 is 11.3 Å². The van der Waals surface area contributed by atoms with Crippen LogP contribution < -0.4 is 5.73 Å². The Bertz CT molecular complexity index is 797. The second-order valence-electron chi connectivity index (χ2n) is 9.73. The fourth-order valence-electron chi connectivity index (χ4n) is 4.76. The fourth-order valence-corrected chi connectivity index (χ4v) is 5.53. The van der Waals surface area contributed by atoms with Gasteiger partial charge in [-0.05, 0) is 61.1 Å². The Kier molecular flexibility index (Phi) is 9.61. The third kappa shape index (κ3) is 7.35. The lowest BCUT2D eigenvalue weighted by Crippen LogP contribution is -2.34. The van der Waals surface area contributed by atoms with Crippen molar-refractivity contribution in [2.45, 2.75) is 58.5 Å². The number of hydrogen-bond donors (Lipinski definition) is 1. The van der Waals surface area contributed by atoms with Crippen LogP contribution in [0.2, 0.25) is 0 Å². The zero-order chi connectivity index (χ0) is 22.9. The first-order valence-corrected chi connectivity index (χ1v) is 13.0. The smallest absolute Gasteiger partial charge is 0.222 e. The zero-order valence-corrected chi connectivity index (χ0v) is 20.7. The van der Waals surface area contributed by atoms with Crippen LogP contribution in [0.25, 0.3) is 0 Å². The molecule has 1 heterocycles. The molecule has 4 unspecified atom stereocenters.